The van der Waals surface area contributed by atoms with Gasteiger partial charge in [-0.3, -0.25) is 9.59 Å². The van der Waals surface area contributed by atoms with Crippen LogP contribution in [0.1, 0.15) is 33.0 Å². The molecule has 1 N–H and O–H groups in total. The SMILES string of the molecule is O=C(NCc1ccccc1)[C@@H]1CN(C(=O)c2ccccc2Cl)C[C@H]1c1cccc(C(F)(F)F)c1. The minimum Gasteiger partial charge on any atom is -0.352 e. The molecule has 0 saturated carbocycles. The summed E-state index contributed by atoms with van der Waals surface area (Å²) in [5.74, 6) is -1.98. The van der Waals surface area contributed by atoms with E-state index in [1.54, 1.807) is 30.3 Å². The molecule has 0 bridgehead atoms. The van der Waals surface area contributed by atoms with Gasteiger partial charge in [0.15, 0.2) is 0 Å². The molecule has 3 aromatic rings. The largest absolute Gasteiger partial charge is 0.416 e. The number of likely N-dealkylation sites (tertiary alicyclic amines) is 1. The van der Waals surface area contributed by atoms with Crippen LogP contribution in [0.4, 0.5) is 13.2 Å². The Morgan fingerprint density at radius 3 is 2.35 bits per heavy atom. The molecule has 2 amide bonds. The van der Waals surface area contributed by atoms with E-state index in [9.17, 15) is 22.8 Å². The van der Waals surface area contributed by atoms with Gasteiger partial charge in [0.2, 0.25) is 5.91 Å². The smallest absolute Gasteiger partial charge is 0.352 e. The van der Waals surface area contributed by atoms with Crippen LogP contribution in [-0.4, -0.2) is 29.8 Å². The highest BCUT2D eigenvalue weighted by Crippen LogP contribution is 2.37. The molecule has 8 heteroatoms. The van der Waals surface area contributed by atoms with E-state index in [0.717, 1.165) is 17.7 Å². The number of alkyl halides is 3. The van der Waals surface area contributed by atoms with E-state index in [2.05, 4.69) is 5.32 Å². The highest BCUT2D eigenvalue weighted by Gasteiger charge is 2.41. The zero-order valence-corrected chi connectivity index (χ0v) is 18.8. The van der Waals surface area contributed by atoms with Crippen LogP contribution in [0.25, 0.3) is 0 Å². The molecule has 4 nitrogen and oxygen atoms in total. The number of nitrogens with zero attached hydrogens (tertiary/aromatic N) is 1. The Morgan fingerprint density at radius 2 is 1.65 bits per heavy atom. The lowest BCUT2D eigenvalue weighted by atomic mass is 9.87. The summed E-state index contributed by atoms with van der Waals surface area (Å²) in [4.78, 5) is 27.8. The van der Waals surface area contributed by atoms with Crippen LogP contribution >= 0.6 is 11.6 Å². The van der Waals surface area contributed by atoms with Gasteiger partial charge in [-0.15, -0.1) is 0 Å². The summed E-state index contributed by atoms with van der Waals surface area (Å²) in [6.07, 6.45) is -4.51. The maximum atomic E-state index is 13.3. The quantitative estimate of drug-likeness (QED) is 0.515. The summed E-state index contributed by atoms with van der Waals surface area (Å²) >= 11 is 6.19. The average molecular weight is 487 g/mol. The summed E-state index contributed by atoms with van der Waals surface area (Å²) in [6, 6.07) is 20.8. The molecule has 0 aliphatic carbocycles. The van der Waals surface area contributed by atoms with E-state index in [-0.39, 0.29) is 42.0 Å². The zero-order chi connectivity index (χ0) is 24.3. The van der Waals surface area contributed by atoms with Crippen molar-refractivity contribution in [1.29, 1.82) is 0 Å². The molecular weight excluding hydrogens is 465 g/mol. The second-order valence-electron chi connectivity index (χ2n) is 8.23. The van der Waals surface area contributed by atoms with Crippen LogP contribution < -0.4 is 5.32 Å². The normalized spacial score (nSPS) is 18.1. The Balaban J connectivity index is 1.61. The second-order valence-corrected chi connectivity index (χ2v) is 8.64. The zero-order valence-electron chi connectivity index (χ0n) is 18.1. The van der Waals surface area contributed by atoms with E-state index in [1.165, 1.54) is 11.0 Å². The number of hydrogen-bond acceptors (Lipinski definition) is 2. The fraction of sp³-hybridized carbons (Fsp3) is 0.231. The van der Waals surface area contributed by atoms with Crippen LogP contribution in [0.3, 0.4) is 0 Å². The van der Waals surface area contributed by atoms with Gasteiger partial charge in [-0.05, 0) is 29.3 Å². The van der Waals surface area contributed by atoms with Gasteiger partial charge in [0, 0.05) is 25.6 Å². The van der Waals surface area contributed by atoms with Gasteiger partial charge in [0.25, 0.3) is 5.91 Å². The minimum atomic E-state index is -4.51. The molecule has 1 fully saturated rings. The maximum Gasteiger partial charge on any atom is 0.416 e. The van der Waals surface area contributed by atoms with E-state index in [1.807, 2.05) is 30.3 Å². The fourth-order valence-corrected chi connectivity index (χ4v) is 4.46. The Hall–Kier alpha value is -3.32. The van der Waals surface area contributed by atoms with Gasteiger partial charge >= 0.3 is 6.18 Å². The van der Waals surface area contributed by atoms with E-state index < -0.39 is 23.6 Å². The number of carbonyl (C=O) groups is 2. The number of amides is 2. The van der Waals surface area contributed by atoms with Gasteiger partial charge in [0.1, 0.15) is 0 Å². The van der Waals surface area contributed by atoms with Crippen LogP contribution in [0, 0.1) is 5.92 Å². The van der Waals surface area contributed by atoms with E-state index in [0.29, 0.717) is 5.56 Å². The maximum absolute atomic E-state index is 13.3. The van der Waals surface area contributed by atoms with Crippen molar-refractivity contribution in [2.75, 3.05) is 13.1 Å². The summed E-state index contributed by atoms with van der Waals surface area (Å²) in [5.41, 5.74) is 0.763. The Bertz CT molecular complexity index is 1180. The van der Waals surface area contributed by atoms with Crippen molar-refractivity contribution in [3.8, 4) is 0 Å². The molecule has 1 aliphatic heterocycles. The van der Waals surface area contributed by atoms with Gasteiger partial charge in [0.05, 0.1) is 22.1 Å². The number of halogens is 4. The van der Waals surface area contributed by atoms with Crippen LogP contribution in [0.5, 0.6) is 0 Å². The Morgan fingerprint density at radius 1 is 0.941 bits per heavy atom. The second kappa shape index (κ2) is 9.89. The van der Waals surface area contributed by atoms with Crippen molar-refractivity contribution in [3.05, 3.63) is 106 Å². The molecule has 1 heterocycles. The molecule has 2 atom stereocenters. The molecular formula is C26H22ClF3N2O2. The van der Waals surface area contributed by atoms with Gasteiger partial charge < -0.3 is 10.2 Å². The summed E-state index contributed by atoms with van der Waals surface area (Å²) < 4.78 is 40.0. The molecule has 34 heavy (non-hydrogen) atoms. The molecule has 176 valence electrons. The predicted octanol–water partition coefficient (Wildman–Crippen LogP) is 5.53. The molecule has 4 rings (SSSR count). The molecule has 0 aromatic heterocycles. The first-order valence-corrected chi connectivity index (χ1v) is 11.1. The van der Waals surface area contributed by atoms with Crippen molar-refractivity contribution in [1.82, 2.24) is 10.2 Å². The number of carbonyl (C=O) groups excluding carboxylic acids is 2. The predicted molar refractivity (Wildman–Crippen MR) is 123 cm³/mol. The van der Waals surface area contributed by atoms with Gasteiger partial charge in [-0.2, -0.15) is 13.2 Å². The van der Waals surface area contributed by atoms with Gasteiger partial charge in [-0.1, -0.05) is 72.3 Å². The lowest BCUT2D eigenvalue weighted by Gasteiger charge is -2.19. The van der Waals surface area contributed by atoms with Crippen LogP contribution in [0.15, 0.2) is 78.9 Å². The molecule has 0 unspecified atom stereocenters. The van der Waals surface area contributed by atoms with Crippen molar-refractivity contribution < 1.29 is 22.8 Å². The van der Waals surface area contributed by atoms with Crippen LogP contribution in [-0.2, 0) is 17.5 Å². The third kappa shape index (κ3) is 5.25. The summed E-state index contributed by atoms with van der Waals surface area (Å²) in [5, 5.41) is 3.15. The number of rotatable bonds is 5. The minimum absolute atomic E-state index is 0.0750. The monoisotopic (exact) mass is 486 g/mol. The number of hydrogen-bond donors (Lipinski definition) is 1. The van der Waals surface area contributed by atoms with Gasteiger partial charge in [-0.25, -0.2) is 0 Å². The van der Waals surface area contributed by atoms with Crippen molar-refractivity contribution in [2.24, 2.45) is 5.92 Å². The third-order valence-electron chi connectivity index (χ3n) is 6.00. The number of benzene rings is 3. The standard InChI is InChI=1S/C26H22ClF3N2O2/c27-23-12-5-4-11-20(23)25(34)32-15-21(18-9-6-10-19(13-18)26(28,29)30)22(16-32)24(33)31-14-17-7-2-1-3-8-17/h1-13,21-22H,14-16H2,(H,31,33)/t21-,22+/m0/s1. The molecule has 1 saturated heterocycles. The molecule has 0 spiro atoms. The lowest BCUT2D eigenvalue weighted by Crippen LogP contribution is -2.35. The Labute approximate surface area is 200 Å². The van der Waals surface area contributed by atoms with Crippen LogP contribution in [0.2, 0.25) is 5.02 Å². The lowest BCUT2D eigenvalue weighted by molar-refractivity contribution is -0.137. The topological polar surface area (TPSA) is 49.4 Å². The molecule has 3 aromatic carbocycles. The third-order valence-corrected chi connectivity index (χ3v) is 6.33. The first-order valence-electron chi connectivity index (χ1n) is 10.8. The highest BCUT2D eigenvalue weighted by atomic mass is 35.5. The van der Waals surface area contributed by atoms with E-state index >= 15 is 0 Å². The molecule has 1 aliphatic rings. The number of nitrogens with one attached hydrogen (secondary N) is 1. The first-order chi connectivity index (χ1) is 16.2. The Kier molecular flexibility index (Phi) is 6.93. The van der Waals surface area contributed by atoms with Crippen molar-refractivity contribution in [2.45, 2.75) is 18.6 Å². The fourth-order valence-electron chi connectivity index (χ4n) is 4.24. The highest BCUT2D eigenvalue weighted by molar-refractivity contribution is 6.33. The summed E-state index contributed by atoms with van der Waals surface area (Å²) in [6.45, 7) is 0.463. The van der Waals surface area contributed by atoms with Crippen molar-refractivity contribution in [3.63, 3.8) is 0 Å². The molecule has 0 radical (unpaired) electrons. The average Bonchev–Trinajstić information content (AvgIpc) is 3.28. The van der Waals surface area contributed by atoms with Crippen molar-refractivity contribution >= 4 is 23.4 Å². The summed E-state index contributed by atoms with van der Waals surface area (Å²) in [7, 11) is 0. The first kappa shape index (κ1) is 23.8. The van der Waals surface area contributed by atoms with E-state index in [4.69, 9.17) is 11.6 Å².